The lowest BCUT2D eigenvalue weighted by molar-refractivity contribution is 0.254. The Bertz CT molecular complexity index is 149. The first-order valence-corrected chi connectivity index (χ1v) is 3.72. The van der Waals surface area contributed by atoms with Gasteiger partial charge in [0.1, 0.15) is 0 Å². The summed E-state index contributed by atoms with van der Waals surface area (Å²) in [4.78, 5) is 12.3. The van der Waals surface area contributed by atoms with Crippen molar-refractivity contribution in [2.75, 3.05) is 19.6 Å². The number of nitrogens with zero attached hydrogens (tertiary/aromatic N) is 1. The van der Waals surface area contributed by atoms with Crippen LogP contribution in [0.25, 0.3) is 0 Å². The number of hydrogen-bond acceptors (Lipinski definition) is 3. The zero-order chi connectivity index (χ0) is 6.97. The van der Waals surface area contributed by atoms with Crippen LogP contribution in [0.4, 0.5) is 0 Å². The van der Waals surface area contributed by atoms with Crippen LogP contribution in [0.2, 0.25) is 0 Å². The van der Waals surface area contributed by atoms with Gasteiger partial charge < -0.3 is 5.32 Å². The van der Waals surface area contributed by atoms with Crippen molar-refractivity contribution in [3.05, 3.63) is 0 Å². The minimum absolute atomic E-state index is 0.503. The van der Waals surface area contributed by atoms with Gasteiger partial charge in [0.25, 0.3) is 0 Å². The van der Waals surface area contributed by atoms with Crippen LogP contribution in [0.5, 0.6) is 0 Å². The molecule has 2 rings (SSSR count). The molecule has 2 atom stereocenters. The molecule has 10 heavy (non-hydrogen) atoms. The normalized spacial score (nSPS) is 38.8. The van der Waals surface area contributed by atoms with Crippen LogP contribution >= 0.6 is 0 Å². The zero-order valence-corrected chi connectivity index (χ0v) is 5.84. The third kappa shape index (κ3) is 0.859. The zero-order valence-electron chi connectivity index (χ0n) is 5.84. The number of rotatable bonds is 2. The Hall–Kier alpha value is -0.410. The number of fused-ring (bicyclic) bond motifs is 2. The summed E-state index contributed by atoms with van der Waals surface area (Å²) in [7, 11) is 0. The second-order valence-electron chi connectivity index (χ2n) is 3.07. The Morgan fingerprint density at radius 2 is 2.60 bits per heavy atom. The fraction of sp³-hybridized carbons (Fsp3) is 0.857. The monoisotopic (exact) mass is 139 g/mol. The van der Waals surface area contributed by atoms with Crippen molar-refractivity contribution in [2.45, 2.75) is 18.5 Å². The maximum absolute atomic E-state index is 10.1. The molecule has 1 radical (unpaired) electrons. The van der Waals surface area contributed by atoms with Gasteiger partial charge in [-0.15, -0.1) is 0 Å². The van der Waals surface area contributed by atoms with E-state index in [0.29, 0.717) is 18.6 Å². The largest absolute Gasteiger partial charge is 0.311 e. The molecule has 3 heteroatoms. The van der Waals surface area contributed by atoms with Gasteiger partial charge in [0.15, 0.2) is 0 Å². The lowest BCUT2D eigenvalue weighted by atomic mass is 10.2. The van der Waals surface area contributed by atoms with Crippen LogP contribution in [0.1, 0.15) is 6.42 Å². The third-order valence-corrected chi connectivity index (χ3v) is 2.44. The van der Waals surface area contributed by atoms with Crippen LogP contribution in [0.15, 0.2) is 0 Å². The molecule has 2 bridgehead atoms. The first kappa shape index (κ1) is 6.31. The average Bonchev–Trinajstić information content (AvgIpc) is 2.48. The van der Waals surface area contributed by atoms with Gasteiger partial charge in [-0.05, 0) is 6.42 Å². The molecule has 0 aromatic rings. The van der Waals surface area contributed by atoms with E-state index in [2.05, 4.69) is 10.2 Å². The topological polar surface area (TPSA) is 32.3 Å². The van der Waals surface area contributed by atoms with Crippen molar-refractivity contribution < 1.29 is 4.79 Å². The lowest BCUT2D eigenvalue weighted by Crippen LogP contribution is -2.44. The molecule has 1 N–H and O–H groups in total. The highest BCUT2D eigenvalue weighted by molar-refractivity contribution is 5.53. The van der Waals surface area contributed by atoms with E-state index in [1.54, 1.807) is 0 Å². The fourth-order valence-corrected chi connectivity index (χ4v) is 1.92. The second kappa shape index (κ2) is 2.32. The second-order valence-corrected chi connectivity index (χ2v) is 3.07. The minimum atomic E-state index is 0.503. The Morgan fingerprint density at radius 3 is 3.10 bits per heavy atom. The van der Waals surface area contributed by atoms with Crippen LogP contribution in [-0.4, -0.2) is 42.9 Å². The summed E-state index contributed by atoms with van der Waals surface area (Å²) >= 11 is 0. The molecule has 0 aromatic heterocycles. The Labute approximate surface area is 60.4 Å². The smallest absolute Gasteiger partial charge is 0.213 e. The molecule has 2 saturated heterocycles. The molecule has 0 aromatic carbocycles. The van der Waals surface area contributed by atoms with Crippen LogP contribution in [0.3, 0.4) is 0 Å². The van der Waals surface area contributed by atoms with Crippen molar-refractivity contribution in [2.24, 2.45) is 0 Å². The number of piperazine rings is 1. The number of hydrogen-bond donors (Lipinski definition) is 1. The van der Waals surface area contributed by atoms with Crippen LogP contribution in [0, 0.1) is 0 Å². The third-order valence-electron chi connectivity index (χ3n) is 2.44. The van der Waals surface area contributed by atoms with Crippen LogP contribution < -0.4 is 5.32 Å². The summed E-state index contributed by atoms with van der Waals surface area (Å²) in [6, 6.07) is 1.27. The van der Waals surface area contributed by atoms with E-state index in [-0.39, 0.29) is 0 Å². The van der Waals surface area contributed by atoms with E-state index >= 15 is 0 Å². The minimum Gasteiger partial charge on any atom is -0.311 e. The van der Waals surface area contributed by atoms with E-state index in [0.717, 1.165) is 13.1 Å². The molecule has 0 aliphatic carbocycles. The summed E-state index contributed by atoms with van der Waals surface area (Å²) in [5.74, 6) is 0. The van der Waals surface area contributed by atoms with Gasteiger partial charge in [0.2, 0.25) is 6.29 Å². The highest BCUT2D eigenvalue weighted by atomic mass is 16.1. The first-order valence-electron chi connectivity index (χ1n) is 3.72. The van der Waals surface area contributed by atoms with Gasteiger partial charge in [-0.2, -0.15) is 0 Å². The lowest BCUT2D eigenvalue weighted by Gasteiger charge is -2.24. The molecule has 55 valence electrons. The van der Waals surface area contributed by atoms with Crippen molar-refractivity contribution in [1.82, 2.24) is 10.2 Å². The molecular weight excluding hydrogens is 128 g/mol. The molecule has 3 nitrogen and oxygen atoms in total. The van der Waals surface area contributed by atoms with E-state index < -0.39 is 0 Å². The molecule has 2 unspecified atom stereocenters. The van der Waals surface area contributed by atoms with Gasteiger partial charge in [0.05, 0.1) is 6.54 Å². The number of carbonyl (C=O) groups excluding carboxylic acids is 1. The summed E-state index contributed by atoms with van der Waals surface area (Å²) in [5, 5.41) is 3.37. The predicted octanol–water partition coefficient (Wildman–Crippen LogP) is -0.858. The maximum Gasteiger partial charge on any atom is 0.213 e. The SMILES string of the molecule is O=[C]CN1CC2CC1CN2. The Balaban J connectivity index is 1.95. The fourth-order valence-electron chi connectivity index (χ4n) is 1.92. The number of likely N-dealkylation sites (tertiary alicyclic amines) is 1. The van der Waals surface area contributed by atoms with Gasteiger partial charge in [0, 0.05) is 25.2 Å². The molecule has 2 heterocycles. The van der Waals surface area contributed by atoms with Gasteiger partial charge in [-0.1, -0.05) is 0 Å². The molecular formula is C7H11N2O. The van der Waals surface area contributed by atoms with Crippen LogP contribution in [-0.2, 0) is 4.79 Å². The summed E-state index contributed by atoms with van der Waals surface area (Å²) in [5.41, 5.74) is 0. The molecule has 2 aliphatic heterocycles. The quantitative estimate of drug-likeness (QED) is 0.540. The molecule has 0 saturated carbocycles. The highest BCUT2D eigenvalue weighted by Crippen LogP contribution is 2.21. The molecule has 2 aliphatic rings. The maximum atomic E-state index is 10.1. The van der Waals surface area contributed by atoms with Gasteiger partial charge in [-0.3, -0.25) is 9.69 Å². The van der Waals surface area contributed by atoms with Crippen molar-refractivity contribution in [3.63, 3.8) is 0 Å². The van der Waals surface area contributed by atoms with E-state index in [9.17, 15) is 4.79 Å². The molecule has 0 spiro atoms. The first-order chi connectivity index (χ1) is 4.90. The van der Waals surface area contributed by atoms with Crippen molar-refractivity contribution in [3.8, 4) is 0 Å². The number of nitrogens with one attached hydrogen (secondary N) is 1. The standard InChI is InChI=1S/C7H11N2O/c10-2-1-9-5-6-3-7(9)4-8-6/h6-8H,1,3-5H2. The average molecular weight is 139 g/mol. The van der Waals surface area contributed by atoms with E-state index in [1.165, 1.54) is 6.42 Å². The van der Waals surface area contributed by atoms with E-state index in [1.807, 2.05) is 6.29 Å². The predicted molar refractivity (Wildman–Crippen MR) is 37.5 cm³/mol. The molecule has 0 amide bonds. The van der Waals surface area contributed by atoms with Gasteiger partial charge >= 0.3 is 0 Å². The van der Waals surface area contributed by atoms with Crippen molar-refractivity contribution >= 4 is 6.29 Å². The summed E-state index contributed by atoms with van der Waals surface area (Å²) < 4.78 is 0. The summed E-state index contributed by atoms with van der Waals surface area (Å²) in [6.45, 7) is 2.61. The van der Waals surface area contributed by atoms with Gasteiger partial charge in [-0.25, -0.2) is 0 Å². The van der Waals surface area contributed by atoms with Crippen molar-refractivity contribution in [1.29, 1.82) is 0 Å². The Kier molecular flexibility index (Phi) is 1.47. The summed E-state index contributed by atoms with van der Waals surface area (Å²) in [6.07, 6.45) is 3.17. The highest BCUT2D eigenvalue weighted by Gasteiger charge is 2.36. The van der Waals surface area contributed by atoms with E-state index in [4.69, 9.17) is 0 Å². The molecule has 2 fully saturated rings. The Morgan fingerprint density at radius 1 is 1.70 bits per heavy atom.